The minimum Gasteiger partial charge on any atom is -0.339 e. The minimum atomic E-state index is -0.0775. The fourth-order valence-electron chi connectivity index (χ4n) is 3.17. The zero-order valence-electron chi connectivity index (χ0n) is 14.6. The number of rotatable bonds is 3. The summed E-state index contributed by atoms with van der Waals surface area (Å²) in [6.45, 7) is 1.33. The van der Waals surface area contributed by atoms with Crippen LogP contribution in [0.15, 0.2) is 63.6 Å². The molecule has 1 aliphatic rings. The Hall–Kier alpha value is -2.67. The van der Waals surface area contributed by atoms with Gasteiger partial charge in [-0.1, -0.05) is 51.4 Å². The molecular formula is C20H19BrN4O2. The molecule has 6 nitrogen and oxygen atoms in total. The molecule has 2 aromatic carbocycles. The van der Waals surface area contributed by atoms with Crippen LogP contribution in [-0.2, 0) is 0 Å². The fourth-order valence-corrected chi connectivity index (χ4v) is 3.44. The normalized spacial score (nSPS) is 14.9. The Morgan fingerprint density at radius 2 is 1.78 bits per heavy atom. The molecule has 4 rings (SSSR count). The van der Waals surface area contributed by atoms with Crippen LogP contribution in [0.3, 0.4) is 0 Å². The minimum absolute atomic E-state index is 0.0775. The third kappa shape index (κ3) is 4.19. The molecule has 0 spiro atoms. The maximum absolute atomic E-state index is 12.4. The fraction of sp³-hybridized carbons (Fsp3) is 0.250. The number of hydrogen-bond acceptors (Lipinski definition) is 4. The number of nitrogens with one attached hydrogen (secondary N) is 1. The second kappa shape index (κ2) is 7.92. The Labute approximate surface area is 165 Å². The molecule has 0 radical (unpaired) electrons. The van der Waals surface area contributed by atoms with Crippen LogP contribution in [-0.4, -0.2) is 34.2 Å². The number of aromatic nitrogens is 2. The summed E-state index contributed by atoms with van der Waals surface area (Å²) in [5.41, 5.74) is 1.73. The number of piperidine rings is 1. The van der Waals surface area contributed by atoms with Crippen molar-refractivity contribution in [3.63, 3.8) is 0 Å². The zero-order chi connectivity index (χ0) is 18.6. The average molecular weight is 427 g/mol. The molecule has 1 saturated heterocycles. The molecule has 7 heteroatoms. The highest BCUT2D eigenvalue weighted by Crippen LogP contribution is 2.28. The summed E-state index contributed by atoms with van der Waals surface area (Å²) in [5, 5.41) is 7.03. The van der Waals surface area contributed by atoms with Gasteiger partial charge in [0, 0.05) is 34.7 Å². The van der Waals surface area contributed by atoms with Crippen molar-refractivity contribution in [3.8, 4) is 11.4 Å². The van der Waals surface area contributed by atoms with Gasteiger partial charge in [-0.3, -0.25) is 0 Å². The van der Waals surface area contributed by atoms with E-state index in [0.717, 1.165) is 28.6 Å². The van der Waals surface area contributed by atoms with E-state index < -0.39 is 0 Å². The second-order valence-electron chi connectivity index (χ2n) is 6.52. The van der Waals surface area contributed by atoms with Gasteiger partial charge in [-0.25, -0.2) is 4.79 Å². The van der Waals surface area contributed by atoms with Crippen molar-refractivity contribution in [3.05, 3.63) is 65.0 Å². The first-order valence-corrected chi connectivity index (χ1v) is 9.69. The van der Waals surface area contributed by atoms with E-state index in [0.29, 0.717) is 24.8 Å². The first-order valence-electron chi connectivity index (χ1n) is 8.89. The number of halogens is 1. The van der Waals surface area contributed by atoms with Gasteiger partial charge in [0.25, 0.3) is 0 Å². The predicted octanol–water partition coefficient (Wildman–Crippen LogP) is 4.91. The molecule has 0 unspecified atom stereocenters. The Morgan fingerprint density at radius 1 is 1.07 bits per heavy atom. The predicted molar refractivity (Wildman–Crippen MR) is 106 cm³/mol. The molecule has 1 N–H and O–H groups in total. The average Bonchev–Trinajstić information content (AvgIpc) is 3.21. The number of likely N-dealkylation sites (tertiary alicyclic amines) is 1. The molecule has 2 heterocycles. The number of nitrogens with zero attached hydrogens (tertiary/aromatic N) is 3. The van der Waals surface area contributed by atoms with Crippen LogP contribution < -0.4 is 5.32 Å². The standard InChI is InChI=1S/C20H19BrN4O2/c21-16-6-8-17(9-7-16)22-20(26)25-12-10-15(11-13-25)19-23-18(24-27-19)14-4-2-1-3-5-14/h1-9,15H,10-13H2,(H,22,26). The highest BCUT2D eigenvalue weighted by Gasteiger charge is 2.27. The van der Waals surface area contributed by atoms with E-state index in [1.807, 2.05) is 59.5 Å². The summed E-state index contributed by atoms with van der Waals surface area (Å²) in [6.07, 6.45) is 1.62. The molecule has 1 fully saturated rings. The molecular weight excluding hydrogens is 408 g/mol. The number of hydrogen-bond donors (Lipinski definition) is 1. The SMILES string of the molecule is O=C(Nc1ccc(Br)cc1)N1CCC(c2nc(-c3ccccc3)no2)CC1. The number of anilines is 1. The summed E-state index contributed by atoms with van der Waals surface area (Å²) >= 11 is 3.39. The number of carbonyl (C=O) groups excluding carboxylic acids is 1. The van der Waals surface area contributed by atoms with Gasteiger partial charge >= 0.3 is 6.03 Å². The molecule has 27 heavy (non-hydrogen) atoms. The summed E-state index contributed by atoms with van der Waals surface area (Å²) in [5.74, 6) is 1.45. The van der Waals surface area contributed by atoms with Crippen LogP contribution in [0.5, 0.6) is 0 Å². The van der Waals surface area contributed by atoms with E-state index in [-0.39, 0.29) is 11.9 Å². The Kier molecular flexibility index (Phi) is 5.20. The molecule has 0 saturated carbocycles. The highest BCUT2D eigenvalue weighted by molar-refractivity contribution is 9.10. The van der Waals surface area contributed by atoms with E-state index in [1.54, 1.807) is 0 Å². The molecule has 1 aliphatic heterocycles. The van der Waals surface area contributed by atoms with E-state index in [4.69, 9.17) is 4.52 Å². The summed E-state index contributed by atoms with van der Waals surface area (Å²) in [4.78, 5) is 18.8. The van der Waals surface area contributed by atoms with Crippen molar-refractivity contribution in [1.82, 2.24) is 15.0 Å². The van der Waals surface area contributed by atoms with Gasteiger partial charge in [0.05, 0.1) is 0 Å². The summed E-state index contributed by atoms with van der Waals surface area (Å²) < 4.78 is 6.46. The van der Waals surface area contributed by atoms with E-state index in [1.165, 1.54) is 0 Å². The van der Waals surface area contributed by atoms with Gasteiger partial charge in [-0.15, -0.1) is 0 Å². The molecule has 138 valence electrons. The van der Waals surface area contributed by atoms with Crippen LogP contribution >= 0.6 is 15.9 Å². The van der Waals surface area contributed by atoms with Crippen LogP contribution in [0.2, 0.25) is 0 Å². The van der Waals surface area contributed by atoms with Gasteiger partial charge < -0.3 is 14.7 Å². The molecule has 0 bridgehead atoms. The van der Waals surface area contributed by atoms with Crippen molar-refractivity contribution in [1.29, 1.82) is 0 Å². The first kappa shape index (κ1) is 17.7. The Morgan fingerprint density at radius 3 is 2.48 bits per heavy atom. The van der Waals surface area contributed by atoms with E-state index in [9.17, 15) is 4.79 Å². The monoisotopic (exact) mass is 426 g/mol. The topological polar surface area (TPSA) is 71.3 Å². The van der Waals surface area contributed by atoms with Gasteiger partial charge in [0.15, 0.2) is 0 Å². The van der Waals surface area contributed by atoms with Crippen LogP contribution in [0.4, 0.5) is 10.5 Å². The smallest absolute Gasteiger partial charge is 0.321 e. The summed E-state index contributed by atoms with van der Waals surface area (Å²) in [7, 11) is 0. The van der Waals surface area contributed by atoms with Crippen LogP contribution in [0.25, 0.3) is 11.4 Å². The lowest BCUT2D eigenvalue weighted by atomic mass is 9.97. The van der Waals surface area contributed by atoms with Crippen molar-refractivity contribution < 1.29 is 9.32 Å². The summed E-state index contributed by atoms with van der Waals surface area (Å²) in [6, 6.07) is 17.3. The van der Waals surface area contributed by atoms with E-state index >= 15 is 0 Å². The maximum Gasteiger partial charge on any atom is 0.321 e. The molecule has 1 aromatic heterocycles. The van der Waals surface area contributed by atoms with Gasteiger partial charge in [0.1, 0.15) is 0 Å². The lowest BCUT2D eigenvalue weighted by Crippen LogP contribution is -2.40. The van der Waals surface area contributed by atoms with Gasteiger partial charge in [-0.05, 0) is 37.1 Å². The Balaban J connectivity index is 1.34. The van der Waals surface area contributed by atoms with Crippen LogP contribution in [0.1, 0.15) is 24.7 Å². The highest BCUT2D eigenvalue weighted by atomic mass is 79.9. The molecule has 3 aromatic rings. The van der Waals surface area contributed by atoms with Gasteiger partial charge in [-0.2, -0.15) is 4.98 Å². The number of amides is 2. The molecule has 0 atom stereocenters. The van der Waals surface area contributed by atoms with Crippen molar-refractivity contribution in [2.24, 2.45) is 0 Å². The molecule has 2 amide bonds. The zero-order valence-corrected chi connectivity index (χ0v) is 16.2. The van der Waals surface area contributed by atoms with Crippen LogP contribution in [0, 0.1) is 0 Å². The second-order valence-corrected chi connectivity index (χ2v) is 7.44. The van der Waals surface area contributed by atoms with E-state index in [2.05, 4.69) is 31.4 Å². The number of urea groups is 1. The molecule has 0 aliphatic carbocycles. The van der Waals surface area contributed by atoms with Crippen molar-refractivity contribution >= 4 is 27.6 Å². The lowest BCUT2D eigenvalue weighted by molar-refractivity contribution is 0.187. The number of carbonyl (C=O) groups is 1. The Bertz CT molecular complexity index is 903. The first-order chi connectivity index (χ1) is 13.2. The number of benzene rings is 2. The third-order valence-corrected chi connectivity index (χ3v) is 5.23. The van der Waals surface area contributed by atoms with Crippen molar-refractivity contribution in [2.75, 3.05) is 18.4 Å². The van der Waals surface area contributed by atoms with Gasteiger partial charge in [0.2, 0.25) is 11.7 Å². The third-order valence-electron chi connectivity index (χ3n) is 4.70. The quantitative estimate of drug-likeness (QED) is 0.645. The largest absolute Gasteiger partial charge is 0.339 e. The maximum atomic E-state index is 12.4. The lowest BCUT2D eigenvalue weighted by Gasteiger charge is -2.30. The van der Waals surface area contributed by atoms with Crippen molar-refractivity contribution in [2.45, 2.75) is 18.8 Å².